The average molecular weight is 362 g/mol. The van der Waals surface area contributed by atoms with E-state index in [0.29, 0.717) is 29.4 Å². The molecule has 2 amide bonds. The van der Waals surface area contributed by atoms with Crippen LogP contribution in [0.5, 0.6) is 0 Å². The summed E-state index contributed by atoms with van der Waals surface area (Å²) in [6, 6.07) is 4.70. The molecule has 2 rings (SSSR count). The highest BCUT2D eigenvalue weighted by molar-refractivity contribution is 6.34. The van der Waals surface area contributed by atoms with Crippen LogP contribution in [0.3, 0.4) is 0 Å². The fraction of sp³-hybridized carbons (Fsp3) is 0.467. The molecule has 23 heavy (non-hydrogen) atoms. The number of carbonyl (C=O) groups is 2. The Balaban J connectivity index is 0.00000264. The molecule has 1 aromatic rings. The monoisotopic (exact) mass is 361 g/mol. The lowest BCUT2D eigenvalue weighted by Gasteiger charge is -2.12. The molecule has 1 saturated heterocycles. The maximum Gasteiger partial charge on any atom is 0.252 e. The SMILES string of the molecule is COCCNC(=O)c1ccc(NC(=O)C2CCCN2)cc1Cl.Cl. The first-order chi connectivity index (χ1) is 10.6. The first-order valence-electron chi connectivity index (χ1n) is 7.22. The normalized spacial score (nSPS) is 16.5. The van der Waals surface area contributed by atoms with Crippen molar-refractivity contribution in [2.45, 2.75) is 18.9 Å². The van der Waals surface area contributed by atoms with E-state index >= 15 is 0 Å². The number of hydrogen-bond donors (Lipinski definition) is 3. The van der Waals surface area contributed by atoms with Gasteiger partial charge in [-0.3, -0.25) is 9.59 Å². The molecule has 1 aliphatic heterocycles. The van der Waals surface area contributed by atoms with Gasteiger partial charge in [0.15, 0.2) is 0 Å². The number of methoxy groups -OCH3 is 1. The van der Waals surface area contributed by atoms with Gasteiger partial charge in [0, 0.05) is 19.3 Å². The minimum atomic E-state index is -0.266. The van der Waals surface area contributed by atoms with E-state index in [-0.39, 0.29) is 30.3 Å². The number of nitrogens with one attached hydrogen (secondary N) is 3. The number of benzene rings is 1. The van der Waals surface area contributed by atoms with E-state index in [1.165, 1.54) is 0 Å². The van der Waals surface area contributed by atoms with Gasteiger partial charge in [-0.05, 0) is 37.6 Å². The summed E-state index contributed by atoms with van der Waals surface area (Å²) in [6.45, 7) is 1.71. The van der Waals surface area contributed by atoms with Crippen LogP contribution >= 0.6 is 24.0 Å². The Morgan fingerprint density at radius 1 is 1.43 bits per heavy atom. The van der Waals surface area contributed by atoms with Gasteiger partial charge in [-0.15, -0.1) is 12.4 Å². The molecule has 1 atom stereocenters. The molecule has 1 aromatic carbocycles. The van der Waals surface area contributed by atoms with Gasteiger partial charge in [-0.2, -0.15) is 0 Å². The number of rotatable bonds is 6. The molecule has 1 fully saturated rings. The number of ether oxygens (including phenoxy) is 1. The molecule has 0 radical (unpaired) electrons. The second kappa shape index (κ2) is 9.72. The lowest BCUT2D eigenvalue weighted by atomic mass is 10.1. The summed E-state index contributed by atoms with van der Waals surface area (Å²) >= 11 is 6.12. The molecule has 0 aromatic heterocycles. The van der Waals surface area contributed by atoms with E-state index in [1.54, 1.807) is 25.3 Å². The van der Waals surface area contributed by atoms with Crippen molar-refractivity contribution < 1.29 is 14.3 Å². The zero-order valence-corrected chi connectivity index (χ0v) is 14.4. The molecule has 0 aliphatic carbocycles. The Morgan fingerprint density at radius 3 is 2.83 bits per heavy atom. The topological polar surface area (TPSA) is 79.5 Å². The highest BCUT2D eigenvalue weighted by Gasteiger charge is 2.22. The molecule has 8 heteroatoms. The highest BCUT2D eigenvalue weighted by Crippen LogP contribution is 2.21. The molecular formula is C15H21Cl2N3O3. The molecule has 3 N–H and O–H groups in total. The fourth-order valence-electron chi connectivity index (χ4n) is 2.28. The second-order valence-electron chi connectivity index (χ2n) is 5.08. The predicted octanol–water partition coefficient (Wildman–Crippen LogP) is 1.83. The van der Waals surface area contributed by atoms with Crippen molar-refractivity contribution in [2.24, 2.45) is 0 Å². The summed E-state index contributed by atoms with van der Waals surface area (Å²) in [6.07, 6.45) is 1.83. The molecule has 0 bridgehead atoms. The lowest BCUT2D eigenvalue weighted by molar-refractivity contribution is -0.117. The largest absolute Gasteiger partial charge is 0.383 e. The van der Waals surface area contributed by atoms with Gasteiger partial charge in [0.25, 0.3) is 5.91 Å². The van der Waals surface area contributed by atoms with E-state index in [2.05, 4.69) is 16.0 Å². The van der Waals surface area contributed by atoms with Crippen molar-refractivity contribution in [3.63, 3.8) is 0 Å². The maximum atomic E-state index is 12.0. The number of anilines is 1. The van der Waals surface area contributed by atoms with Crippen molar-refractivity contribution in [3.05, 3.63) is 28.8 Å². The van der Waals surface area contributed by atoms with Crippen LogP contribution in [0.15, 0.2) is 18.2 Å². The Bertz CT molecular complexity index is 549. The number of hydrogen-bond acceptors (Lipinski definition) is 4. The first-order valence-corrected chi connectivity index (χ1v) is 7.60. The van der Waals surface area contributed by atoms with Crippen LogP contribution in [0, 0.1) is 0 Å². The van der Waals surface area contributed by atoms with Crippen LogP contribution in [-0.2, 0) is 9.53 Å². The Labute approximate surface area is 146 Å². The minimum absolute atomic E-state index is 0. The van der Waals surface area contributed by atoms with Crippen LogP contribution in [-0.4, -0.2) is 44.7 Å². The number of halogens is 2. The third-order valence-corrected chi connectivity index (χ3v) is 3.76. The summed E-state index contributed by atoms with van der Waals surface area (Å²) in [5, 5.41) is 8.93. The van der Waals surface area contributed by atoms with Crippen molar-refractivity contribution in [2.75, 3.05) is 32.1 Å². The van der Waals surface area contributed by atoms with E-state index in [1.807, 2.05) is 0 Å². The quantitative estimate of drug-likeness (QED) is 0.675. The van der Waals surface area contributed by atoms with Crippen molar-refractivity contribution >= 4 is 41.5 Å². The van der Waals surface area contributed by atoms with Gasteiger partial charge in [0.2, 0.25) is 5.91 Å². The van der Waals surface area contributed by atoms with Crippen LogP contribution in [0.1, 0.15) is 23.2 Å². The van der Waals surface area contributed by atoms with Gasteiger partial charge in [0.05, 0.1) is 23.2 Å². The summed E-state index contributed by atoms with van der Waals surface area (Å²) in [5.74, 6) is -0.344. The van der Waals surface area contributed by atoms with Crippen LogP contribution in [0.4, 0.5) is 5.69 Å². The van der Waals surface area contributed by atoms with Gasteiger partial charge in [0.1, 0.15) is 0 Å². The van der Waals surface area contributed by atoms with Gasteiger partial charge < -0.3 is 20.7 Å². The average Bonchev–Trinajstić information content (AvgIpc) is 3.01. The molecule has 6 nitrogen and oxygen atoms in total. The lowest BCUT2D eigenvalue weighted by Crippen LogP contribution is -2.35. The van der Waals surface area contributed by atoms with Crippen molar-refractivity contribution in [1.29, 1.82) is 0 Å². The Morgan fingerprint density at radius 2 is 2.22 bits per heavy atom. The zero-order chi connectivity index (χ0) is 15.9. The first kappa shape index (κ1) is 19.7. The van der Waals surface area contributed by atoms with Gasteiger partial charge in [-0.1, -0.05) is 11.6 Å². The summed E-state index contributed by atoms with van der Waals surface area (Å²) in [4.78, 5) is 23.9. The molecule has 0 saturated carbocycles. The van der Waals surface area contributed by atoms with Gasteiger partial charge in [-0.25, -0.2) is 0 Å². The van der Waals surface area contributed by atoms with Crippen LogP contribution < -0.4 is 16.0 Å². The summed E-state index contributed by atoms with van der Waals surface area (Å²) in [7, 11) is 1.57. The maximum absolute atomic E-state index is 12.0. The van der Waals surface area contributed by atoms with E-state index in [9.17, 15) is 9.59 Å². The standard InChI is InChI=1S/C15H20ClN3O3.ClH/c1-22-8-7-18-14(20)11-5-4-10(9-12(11)16)19-15(21)13-3-2-6-17-13;/h4-5,9,13,17H,2-3,6-8H2,1H3,(H,18,20)(H,19,21);1H. The molecule has 1 heterocycles. The number of amides is 2. The smallest absolute Gasteiger partial charge is 0.252 e. The molecule has 1 aliphatic rings. The predicted molar refractivity (Wildman–Crippen MR) is 92.6 cm³/mol. The summed E-state index contributed by atoms with van der Waals surface area (Å²) in [5.41, 5.74) is 0.951. The highest BCUT2D eigenvalue weighted by atomic mass is 35.5. The van der Waals surface area contributed by atoms with Crippen molar-refractivity contribution in [3.8, 4) is 0 Å². The Kier molecular flexibility index (Phi) is 8.33. The van der Waals surface area contributed by atoms with E-state index in [4.69, 9.17) is 16.3 Å². The number of carbonyl (C=O) groups excluding carboxylic acids is 2. The van der Waals surface area contributed by atoms with Crippen molar-refractivity contribution in [1.82, 2.24) is 10.6 Å². The third kappa shape index (κ3) is 5.66. The molecular weight excluding hydrogens is 341 g/mol. The van der Waals surface area contributed by atoms with Crippen LogP contribution in [0.2, 0.25) is 5.02 Å². The van der Waals surface area contributed by atoms with E-state index < -0.39 is 0 Å². The Hall–Kier alpha value is -1.34. The summed E-state index contributed by atoms with van der Waals surface area (Å²) < 4.78 is 4.87. The minimum Gasteiger partial charge on any atom is -0.383 e. The van der Waals surface area contributed by atoms with E-state index in [0.717, 1.165) is 19.4 Å². The zero-order valence-electron chi connectivity index (χ0n) is 12.9. The molecule has 1 unspecified atom stereocenters. The van der Waals surface area contributed by atoms with Gasteiger partial charge >= 0.3 is 0 Å². The van der Waals surface area contributed by atoms with Crippen LogP contribution in [0.25, 0.3) is 0 Å². The third-order valence-electron chi connectivity index (χ3n) is 3.45. The fourth-order valence-corrected chi connectivity index (χ4v) is 2.54. The molecule has 128 valence electrons. The second-order valence-corrected chi connectivity index (χ2v) is 5.49. The molecule has 0 spiro atoms.